The minimum absolute atomic E-state index is 0.204. The van der Waals surface area contributed by atoms with E-state index < -0.39 is 11.9 Å². The first-order valence-electron chi connectivity index (χ1n) is 4.17. The molecule has 16 heavy (non-hydrogen) atoms. The van der Waals surface area contributed by atoms with Crippen molar-refractivity contribution in [2.75, 3.05) is 5.32 Å². The number of hydrogen-bond acceptors (Lipinski definition) is 5. The number of thiazole rings is 1. The molecule has 0 atom stereocenters. The number of aromatic nitrogens is 4. The number of nitrogens with one attached hydrogen (secondary N) is 2. The lowest BCUT2D eigenvalue weighted by atomic mass is 10.5. The average molecular weight is 249 g/mol. The molecule has 86 valence electrons. The molecule has 2 aromatic heterocycles. The summed E-state index contributed by atoms with van der Waals surface area (Å²) in [6.45, 7) is 0.279. The summed E-state index contributed by atoms with van der Waals surface area (Å²) in [5, 5.41) is 13.6. The third kappa shape index (κ3) is 2.48. The van der Waals surface area contributed by atoms with Crippen LogP contribution >= 0.6 is 11.3 Å². The number of H-pyrrole nitrogens is 1. The Balaban J connectivity index is 1.98. The van der Waals surface area contributed by atoms with Gasteiger partial charge in [0.15, 0.2) is 10.8 Å². The molecular formula is C7H6F3N5S. The first kappa shape index (κ1) is 10.9. The maximum atomic E-state index is 12.2. The normalized spacial score (nSPS) is 11.7. The third-order valence-corrected chi connectivity index (χ3v) is 2.48. The molecule has 2 rings (SSSR count). The van der Waals surface area contributed by atoms with Gasteiger partial charge in [0.05, 0.1) is 12.7 Å². The maximum absolute atomic E-state index is 12.2. The summed E-state index contributed by atoms with van der Waals surface area (Å²) in [6, 6.07) is 0. The molecular weight excluding hydrogens is 243 g/mol. The van der Waals surface area contributed by atoms with Gasteiger partial charge in [-0.3, -0.25) is 0 Å². The summed E-state index contributed by atoms with van der Waals surface area (Å²) >= 11 is 0.898. The Hall–Kier alpha value is -1.64. The van der Waals surface area contributed by atoms with Gasteiger partial charge in [-0.05, 0) is 0 Å². The second kappa shape index (κ2) is 4.08. The van der Waals surface area contributed by atoms with Gasteiger partial charge in [0, 0.05) is 5.38 Å². The monoisotopic (exact) mass is 249 g/mol. The minimum Gasteiger partial charge on any atom is -0.356 e. The molecule has 0 aliphatic carbocycles. The van der Waals surface area contributed by atoms with Gasteiger partial charge in [0.25, 0.3) is 0 Å². The number of anilines is 1. The van der Waals surface area contributed by atoms with Gasteiger partial charge in [-0.15, -0.1) is 11.3 Å². The minimum atomic E-state index is -4.40. The highest BCUT2D eigenvalue weighted by atomic mass is 32.1. The Kier molecular flexibility index (Phi) is 2.77. The summed E-state index contributed by atoms with van der Waals surface area (Å²) in [6.07, 6.45) is -2.92. The topological polar surface area (TPSA) is 66.5 Å². The summed E-state index contributed by atoms with van der Waals surface area (Å²) in [4.78, 5) is 3.40. The van der Waals surface area contributed by atoms with E-state index in [1.165, 1.54) is 6.20 Å². The maximum Gasteiger partial charge on any atom is 0.434 e. The van der Waals surface area contributed by atoms with Crippen LogP contribution in [0.25, 0.3) is 0 Å². The first-order chi connectivity index (χ1) is 7.55. The number of hydrogen-bond donors (Lipinski definition) is 2. The molecule has 0 aromatic carbocycles. The van der Waals surface area contributed by atoms with Gasteiger partial charge in [-0.2, -0.15) is 28.6 Å². The van der Waals surface area contributed by atoms with Crippen LogP contribution in [-0.2, 0) is 12.7 Å². The fraction of sp³-hybridized carbons (Fsp3) is 0.286. The van der Waals surface area contributed by atoms with Crippen molar-refractivity contribution >= 4 is 16.5 Å². The van der Waals surface area contributed by atoms with Crippen LogP contribution in [0.4, 0.5) is 18.3 Å². The fourth-order valence-corrected chi connectivity index (χ4v) is 1.68. The molecule has 0 radical (unpaired) electrons. The zero-order valence-corrected chi connectivity index (χ0v) is 8.56. The standard InChI is InChI=1S/C7H6F3N5S/c8-7(9,10)5-3-16-6(13-5)11-1-4-2-12-15-14-4/h2-3H,1H2,(H,11,13)(H,12,14,15). The quantitative estimate of drug-likeness (QED) is 0.871. The highest BCUT2D eigenvalue weighted by molar-refractivity contribution is 7.13. The molecule has 0 unspecified atom stereocenters. The average Bonchev–Trinajstić information content (AvgIpc) is 2.85. The molecule has 0 aliphatic heterocycles. The molecule has 2 N–H and O–H groups in total. The van der Waals surface area contributed by atoms with Crippen LogP contribution in [-0.4, -0.2) is 20.4 Å². The largest absolute Gasteiger partial charge is 0.434 e. The molecule has 9 heteroatoms. The van der Waals surface area contributed by atoms with Crippen molar-refractivity contribution in [1.82, 2.24) is 20.4 Å². The van der Waals surface area contributed by atoms with Crippen LogP contribution in [0.3, 0.4) is 0 Å². The zero-order chi connectivity index (χ0) is 11.6. The number of alkyl halides is 3. The number of halogens is 3. The first-order valence-corrected chi connectivity index (χ1v) is 5.05. The highest BCUT2D eigenvalue weighted by Crippen LogP contribution is 2.31. The van der Waals surface area contributed by atoms with E-state index >= 15 is 0 Å². The molecule has 0 amide bonds. The second-order valence-corrected chi connectivity index (χ2v) is 3.71. The van der Waals surface area contributed by atoms with Crippen LogP contribution in [0.2, 0.25) is 0 Å². The van der Waals surface area contributed by atoms with Crippen LogP contribution in [0.15, 0.2) is 11.6 Å². The molecule has 0 saturated heterocycles. The molecule has 5 nitrogen and oxygen atoms in total. The second-order valence-electron chi connectivity index (χ2n) is 2.85. The number of rotatable bonds is 3. The highest BCUT2D eigenvalue weighted by Gasteiger charge is 2.33. The van der Waals surface area contributed by atoms with Gasteiger partial charge in [0.2, 0.25) is 0 Å². The van der Waals surface area contributed by atoms with Gasteiger partial charge >= 0.3 is 6.18 Å². The summed E-state index contributed by atoms with van der Waals surface area (Å²) in [5.41, 5.74) is -0.288. The predicted octanol–water partition coefficient (Wildman–Crippen LogP) is 1.89. The Labute approximate surface area is 91.7 Å². The van der Waals surface area contributed by atoms with E-state index in [9.17, 15) is 13.2 Å². The van der Waals surface area contributed by atoms with Crippen LogP contribution < -0.4 is 5.32 Å². The molecule has 2 aromatic rings. The van der Waals surface area contributed by atoms with Crippen molar-refractivity contribution in [2.45, 2.75) is 12.7 Å². The van der Waals surface area contributed by atoms with Gasteiger partial charge < -0.3 is 5.32 Å². The molecule has 0 spiro atoms. The van der Waals surface area contributed by atoms with Crippen molar-refractivity contribution in [3.63, 3.8) is 0 Å². The van der Waals surface area contributed by atoms with Gasteiger partial charge in [0.1, 0.15) is 5.69 Å². The van der Waals surface area contributed by atoms with Crippen molar-refractivity contribution in [3.8, 4) is 0 Å². The number of aromatic amines is 1. The molecule has 0 saturated carbocycles. The van der Waals surface area contributed by atoms with E-state index in [4.69, 9.17) is 0 Å². The third-order valence-electron chi connectivity index (χ3n) is 1.68. The van der Waals surface area contributed by atoms with Crippen LogP contribution in [0.1, 0.15) is 11.4 Å². The van der Waals surface area contributed by atoms with Crippen LogP contribution in [0, 0.1) is 0 Å². The van der Waals surface area contributed by atoms with Crippen molar-refractivity contribution in [2.24, 2.45) is 0 Å². The van der Waals surface area contributed by atoms with Crippen LogP contribution in [0.5, 0.6) is 0 Å². The summed E-state index contributed by atoms with van der Waals surface area (Å²) in [5.74, 6) is 0. The molecule has 0 fully saturated rings. The molecule has 0 aliphatic rings. The smallest absolute Gasteiger partial charge is 0.356 e. The Morgan fingerprint density at radius 2 is 2.25 bits per heavy atom. The Morgan fingerprint density at radius 1 is 1.44 bits per heavy atom. The van der Waals surface area contributed by atoms with Crippen molar-refractivity contribution in [3.05, 3.63) is 23.0 Å². The lowest BCUT2D eigenvalue weighted by molar-refractivity contribution is -0.140. The Morgan fingerprint density at radius 3 is 2.81 bits per heavy atom. The van der Waals surface area contributed by atoms with Gasteiger partial charge in [-0.25, -0.2) is 4.98 Å². The lowest BCUT2D eigenvalue weighted by Crippen LogP contribution is -2.06. The fourth-order valence-electron chi connectivity index (χ4n) is 0.962. The lowest BCUT2D eigenvalue weighted by Gasteiger charge is -2.00. The van der Waals surface area contributed by atoms with E-state index in [0.717, 1.165) is 16.7 Å². The van der Waals surface area contributed by atoms with Gasteiger partial charge in [-0.1, -0.05) is 0 Å². The van der Waals surface area contributed by atoms with E-state index in [0.29, 0.717) is 5.69 Å². The molecule has 0 bridgehead atoms. The van der Waals surface area contributed by atoms with E-state index in [2.05, 4.69) is 25.7 Å². The summed E-state index contributed by atoms with van der Waals surface area (Å²) in [7, 11) is 0. The zero-order valence-electron chi connectivity index (χ0n) is 7.75. The Bertz CT molecular complexity index is 449. The predicted molar refractivity (Wildman–Crippen MR) is 50.8 cm³/mol. The number of nitrogens with zero attached hydrogens (tertiary/aromatic N) is 3. The molecule has 2 heterocycles. The van der Waals surface area contributed by atoms with Crippen molar-refractivity contribution in [1.29, 1.82) is 0 Å². The summed E-state index contributed by atoms with van der Waals surface area (Å²) < 4.78 is 36.6. The van der Waals surface area contributed by atoms with E-state index in [1.54, 1.807) is 0 Å². The van der Waals surface area contributed by atoms with E-state index in [1.807, 2.05) is 0 Å². The SMILES string of the molecule is FC(F)(F)c1csc(NCc2cn[nH]n2)n1. The van der Waals surface area contributed by atoms with Crippen molar-refractivity contribution < 1.29 is 13.2 Å². The van der Waals surface area contributed by atoms with E-state index in [-0.39, 0.29) is 11.7 Å².